The van der Waals surface area contributed by atoms with Gasteiger partial charge in [-0.15, -0.1) is 24.0 Å². The standard InChI is InChI=1S/C18H20Cl2F2N4O.HI/c1-3-23-18(26-10-15-11(2)5-4-6-24-15)25-9-12-7-13(19)8-14(20)16(12)27-17(21)22;/h4-8,17H,3,9-10H2,1-2H3,(H2,23,25,26);1H. The molecule has 1 aromatic heterocycles. The zero-order valence-corrected chi connectivity index (χ0v) is 19.2. The van der Waals surface area contributed by atoms with Gasteiger partial charge in [0.15, 0.2) is 5.96 Å². The van der Waals surface area contributed by atoms with Crippen molar-refractivity contribution in [1.29, 1.82) is 0 Å². The predicted octanol–water partition coefficient (Wildman–Crippen LogP) is 5.17. The molecule has 1 heterocycles. The molecule has 2 N–H and O–H groups in total. The second-order valence-corrected chi connectivity index (χ2v) is 6.41. The van der Waals surface area contributed by atoms with Crippen molar-refractivity contribution in [3.8, 4) is 5.75 Å². The molecule has 0 aliphatic carbocycles. The van der Waals surface area contributed by atoms with Crippen LogP contribution in [0.1, 0.15) is 23.7 Å². The fraction of sp³-hybridized carbons (Fsp3) is 0.333. The first-order valence-electron chi connectivity index (χ1n) is 8.26. The van der Waals surface area contributed by atoms with Crippen molar-refractivity contribution in [2.75, 3.05) is 6.54 Å². The summed E-state index contributed by atoms with van der Waals surface area (Å²) in [4.78, 5) is 8.72. The summed E-state index contributed by atoms with van der Waals surface area (Å²) >= 11 is 12.0. The van der Waals surface area contributed by atoms with Crippen LogP contribution in [-0.4, -0.2) is 24.1 Å². The van der Waals surface area contributed by atoms with Gasteiger partial charge < -0.3 is 15.4 Å². The van der Waals surface area contributed by atoms with E-state index in [1.165, 1.54) is 12.1 Å². The topological polar surface area (TPSA) is 58.5 Å². The lowest BCUT2D eigenvalue weighted by Gasteiger charge is -2.14. The van der Waals surface area contributed by atoms with E-state index >= 15 is 0 Å². The number of halogens is 5. The highest BCUT2D eigenvalue weighted by Gasteiger charge is 2.15. The van der Waals surface area contributed by atoms with E-state index in [1.807, 2.05) is 26.0 Å². The fourth-order valence-electron chi connectivity index (χ4n) is 2.33. The van der Waals surface area contributed by atoms with Crippen LogP contribution in [0.2, 0.25) is 10.0 Å². The van der Waals surface area contributed by atoms with Gasteiger partial charge >= 0.3 is 6.61 Å². The van der Waals surface area contributed by atoms with Crippen molar-refractivity contribution in [3.05, 3.63) is 57.3 Å². The number of hydrogen-bond acceptors (Lipinski definition) is 3. The molecule has 0 saturated carbocycles. The predicted molar refractivity (Wildman–Crippen MR) is 119 cm³/mol. The minimum absolute atomic E-state index is 0. The van der Waals surface area contributed by atoms with Crippen LogP contribution in [0.4, 0.5) is 8.78 Å². The van der Waals surface area contributed by atoms with Crippen molar-refractivity contribution >= 4 is 53.1 Å². The maximum absolute atomic E-state index is 12.7. The summed E-state index contributed by atoms with van der Waals surface area (Å²) < 4.78 is 29.9. The van der Waals surface area contributed by atoms with Crippen LogP contribution in [0.25, 0.3) is 0 Å². The Morgan fingerprint density at radius 2 is 2.04 bits per heavy atom. The molecule has 154 valence electrons. The number of ether oxygens (including phenoxy) is 1. The van der Waals surface area contributed by atoms with Crippen LogP contribution in [0.15, 0.2) is 35.5 Å². The molecule has 0 fully saturated rings. The Labute approximate surface area is 189 Å². The van der Waals surface area contributed by atoms with Crippen LogP contribution >= 0.6 is 47.2 Å². The number of pyridine rings is 1. The maximum Gasteiger partial charge on any atom is 0.387 e. The van der Waals surface area contributed by atoms with Gasteiger partial charge in [0.25, 0.3) is 0 Å². The molecule has 2 aromatic rings. The number of benzene rings is 1. The van der Waals surface area contributed by atoms with E-state index in [4.69, 9.17) is 23.2 Å². The van der Waals surface area contributed by atoms with Gasteiger partial charge in [0.05, 0.1) is 23.8 Å². The fourth-order valence-corrected chi connectivity index (χ4v) is 2.91. The molecule has 28 heavy (non-hydrogen) atoms. The molecule has 10 heteroatoms. The molecule has 0 saturated heterocycles. The first-order chi connectivity index (χ1) is 12.9. The third kappa shape index (κ3) is 7.56. The van der Waals surface area contributed by atoms with E-state index in [1.54, 1.807) is 6.20 Å². The number of hydrogen-bond donors (Lipinski definition) is 2. The lowest BCUT2D eigenvalue weighted by molar-refractivity contribution is -0.0503. The number of aliphatic imine (C=N–C) groups is 1. The number of guanidine groups is 1. The molecule has 1 aromatic carbocycles. The van der Waals surface area contributed by atoms with Crippen LogP contribution in [0.5, 0.6) is 5.75 Å². The Morgan fingerprint density at radius 1 is 1.29 bits per heavy atom. The second kappa shape index (κ2) is 12.2. The molecule has 0 unspecified atom stereocenters. The SMILES string of the molecule is CCNC(=NCc1cc(Cl)cc(Cl)c1OC(F)F)NCc1ncccc1C.I. The highest BCUT2D eigenvalue weighted by molar-refractivity contribution is 14.0. The van der Waals surface area contributed by atoms with E-state index in [9.17, 15) is 8.78 Å². The van der Waals surface area contributed by atoms with Gasteiger partial charge in [0.1, 0.15) is 5.75 Å². The number of alkyl halides is 2. The molecule has 0 spiro atoms. The third-order valence-electron chi connectivity index (χ3n) is 3.59. The largest absolute Gasteiger partial charge is 0.433 e. The zero-order chi connectivity index (χ0) is 19.8. The summed E-state index contributed by atoms with van der Waals surface area (Å²) in [5.74, 6) is 0.373. The average Bonchev–Trinajstić information content (AvgIpc) is 2.61. The van der Waals surface area contributed by atoms with Crippen LogP contribution in [0.3, 0.4) is 0 Å². The number of nitrogens with zero attached hydrogens (tertiary/aromatic N) is 2. The van der Waals surface area contributed by atoms with E-state index in [0.717, 1.165) is 11.3 Å². The molecule has 0 aliphatic heterocycles. The van der Waals surface area contributed by atoms with E-state index < -0.39 is 6.61 Å². The minimum atomic E-state index is -3.00. The summed E-state index contributed by atoms with van der Waals surface area (Å²) in [5.41, 5.74) is 2.30. The molecule has 5 nitrogen and oxygen atoms in total. The number of aromatic nitrogens is 1. The third-order valence-corrected chi connectivity index (χ3v) is 4.08. The molecular weight excluding hydrogens is 524 g/mol. The first kappa shape index (κ1) is 24.6. The Morgan fingerprint density at radius 3 is 2.68 bits per heavy atom. The number of nitrogens with one attached hydrogen (secondary N) is 2. The number of rotatable bonds is 7. The van der Waals surface area contributed by atoms with Gasteiger partial charge in [-0.2, -0.15) is 8.78 Å². The van der Waals surface area contributed by atoms with Crippen molar-refractivity contribution < 1.29 is 13.5 Å². The summed E-state index contributed by atoms with van der Waals surface area (Å²) in [7, 11) is 0. The minimum Gasteiger partial charge on any atom is -0.433 e. The van der Waals surface area contributed by atoms with Gasteiger partial charge in [-0.3, -0.25) is 4.98 Å². The highest BCUT2D eigenvalue weighted by Crippen LogP contribution is 2.34. The molecule has 2 rings (SSSR count). The average molecular weight is 545 g/mol. The monoisotopic (exact) mass is 544 g/mol. The highest BCUT2D eigenvalue weighted by atomic mass is 127. The zero-order valence-electron chi connectivity index (χ0n) is 15.3. The van der Waals surface area contributed by atoms with Gasteiger partial charge in [-0.05, 0) is 37.6 Å². The van der Waals surface area contributed by atoms with Gasteiger partial charge in [0.2, 0.25) is 0 Å². The molecular formula is C18H21Cl2F2IN4O. The van der Waals surface area contributed by atoms with Crippen LogP contribution in [-0.2, 0) is 13.1 Å². The second-order valence-electron chi connectivity index (χ2n) is 5.57. The molecule has 0 bridgehead atoms. The van der Waals surface area contributed by atoms with E-state index in [0.29, 0.717) is 29.6 Å². The Hall–Kier alpha value is -1.39. The van der Waals surface area contributed by atoms with Crippen LogP contribution in [0, 0.1) is 6.92 Å². The lowest BCUT2D eigenvalue weighted by atomic mass is 10.2. The molecule has 0 radical (unpaired) electrons. The summed E-state index contributed by atoms with van der Waals surface area (Å²) in [6, 6.07) is 6.68. The quantitative estimate of drug-likeness (QED) is 0.287. The first-order valence-corrected chi connectivity index (χ1v) is 9.01. The summed E-state index contributed by atoms with van der Waals surface area (Å²) in [6.07, 6.45) is 1.72. The van der Waals surface area contributed by atoms with Crippen molar-refractivity contribution in [2.45, 2.75) is 33.5 Å². The van der Waals surface area contributed by atoms with Crippen molar-refractivity contribution in [1.82, 2.24) is 15.6 Å². The Balaban J connectivity index is 0.00000392. The van der Waals surface area contributed by atoms with Gasteiger partial charge in [-0.1, -0.05) is 29.3 Å². The van der Waals surface area contributed by atoms with Crippen LogP contribution < -0.4 is 15.4 Å². The lowest BCUT2D eigenvalue weighted by Crippen LogP contribution is -2.37. The Kier molecular flexibility index (Phi) is 10.8. The molecule has 0 amide bonds. The van der Waals surface area contributed by atoms with E-state index in [-0.39, 0.29) is 41.3 Å². The maximum atomic E-state index is 12.7. The molecule has 0 aliphatic rings. The number of aryl methyl sites for hydroxylation is 1. The summed E-state index contributed by atoms with van der Waals surface area (Å²) in [6.45, 7) is 2.04. The molecule has 0 atom stereocenters. The smallest absolute Gasteiger partial charge is 0.387 e. The normalized spacial score (nSPS) is 11.2. The van der Waals surface area contributed by atoms with Gasteiger partial charge in [-0.25, -0.2) is 4.99 Å². The van der Waals surface area contributed by atoms with Crippen molar-refractivity contribution in [3.63, 3.8) is 0 Å². The Bertz CT molecular complexity index is 809. The van der Waals surface area contributed by atoms with E-state index in [2.05, 4.69) is 25.3 Å². The van der Waals surface area contributed by atoms with Gasteiger partial charge in [0, 0.05) is 23.3 Å². The summed E-state index contributed by atoms with van der Waals surface area (Å²) in [5, 5.41) is 6.57. The van der Waals surface area contributed by atoms with Crippen molar-refractivity contribution in [2.24, 2.45) is 4.99 Å².